The predicted octanol–water partition coefficient (Wildman–Crippen LogP) is -0.275. The number of carbonyl (C=O) groups excluding carboxylic acids is 1. The van der Waals surface area contributed by atoms with E-state index in [2.05, 4.69) is 4.98 Å². The first-order valence-corrected chi connectivity index (χ1v) is 2.86. The van der Waals surface area contributed by atoms with Gasteiger partial charge in [-0.05, 0) is 0 Å². The Balaban J connectivity index is 3.03. The van der Waals surface area contributed by atoms with Crippen molar-refractivity contribution in [1.82, 2.24) is 9.55 Å². The average molecular weight is 140 g/mol. The van der Waals surface area contributed by atoms with Gasteiger partial charge in [-0.25, -0.2) is 4.98 Å². The number of aromatic nitrogens is 2. The summed E-state index contributed by atoms with van der Waals surface area (Å²) in [6, 6.07) is 0. The van der Waals surface area contributed by atoms with Gasteiger partial charge in [-0.15, -0.1) is 0 Å². The van der Waals surface area contributed by atoms with Gasteiger partial charge in [0.1, 0.15) is 18.1 Å². The molecule has 0 amide bonds. The summed E-state index contributed by atoms with van der Waals surface area (Å²) in [5, 5.41) is 8.63. The molecular formula is C6H8N2O2. The number of aryl methyl sites for hydroxylation is 1. The number of aliphatic hydroxyl groups is 1. The molecule has 0 aliphatic carbocycles. The molecule has 0 saturated carbocycles. The monoisotopic (exact) mass is 140 g/mol. The molecule has 0 unspecified atom stereocenters. The van der Waals surface area contributed by atoms with Crippen LogP contribution in [0.15, 0.2) is 6.20 Å². The lowest BCUT2D eigenvalue weighted by Gasteiger charge is -1.92. The van der Waals surface area contributed by atoms with Crippen LogP contribution < -0.4 is 0 Å². The quantitative estimate of drug-likeness (QED) is 0.575. The predicted molar refractivity (Wildman–Crippen MR) is 34.5 cm³/mol. The Morgan fingerprint density at radius 3 is 2.90 bits per heavy atom. The van der Waals surface area contributed by atoms with Crippen LogP contribution in [0.1, 0.15) is 16.3 Å². The molecular weight excluding hydrogens is 132 g/mol. The van der Waals surface area contributed by atoms with Crippen molar-refractivity contribution in [3.63, 3.8) is 0 Å². The van der Waals surface area contributed by atoms with Crippen LogP contribution in [0.5, 0.6) is 0 Å². The lowest BCUT2D eigenvalue weighted by molar-refractivity contribution is 0.111. The van der Waals surface area contributed by atoms with Crippen molar-refractivity contribution < 1.29 is 9.90 Å². The van der Waals surface area contributed by atoms with Gasteiger partial charge in [0.2, 0.25) is 0 Å². The first kappa shape index (κ1) is 6.95. The van der Waals surface area contributed by atoms with Gasteiger partial charge < -0.3 is 9.67 Å². The van der Waals surface area contributed by atoms with Gasteiger partial charge in [-0.3, -0.25) is 4.79 Å². The molecule has 0 fully saturated rings. The molecule has 0 bridgehead atoms. The largest absolute Gasteiger partial charge is 0.388 e. The minimum absolute atomic E-state index is 0.135. The summed E-state index contributed by atoms with van der Waals surface area (Å²) in [6.07, 6.45) is 2.22. The highest BCUT2D eigenvalue weighted by molar-refractivity contribution is 5.71. The van der Waals surface area contributed by atoms with Crippen LogP contribution in [0.3, 0.4) is 0 Å². The Morgan fingerprint density at radius 2 is 2.60 bits per heavy atom. The zero-order valence-electron chi connectivity index (χ0n) is 5.61. The number of hydrogen-bond acceptors (Lipinski definition) is 3. The van der Waals surface area contributed by atoms with Crippen molar-refractivity contribution in [3.8, 4) is 0 Å². The second-order valence-electron chi connectivity index (χ2n) is 1.97. The Bertz CT molecular complexity index is 242. The van der Waals surface area contributed by atoms with Crippen LogP contribution >= 0.6 is 0 Å². The number of carbonyl (C=O) groups is 1. The van der Waals surface area contributed by atoms with Crippen molar-refractivity contribution >= 4 is 6.29 Å². The van der Waals surface area contributed by atoms with E-state index in [1.807, 2.05) is 0 Å². The molecule has 1 rings (SSSR count). The van der Waals surface area contributed by atoms with Crippen LogP contribution in [0.2, 0.25) is 0 Å². The van der Waals surface area contributed by atoms with Crippen LogP contribution in [-0.2, 0) is 13.7 Å². The molecule has 10 heavy (non-hydrogen) atoms. The van der Waals surface area contributed by atoms with Gasteiger partial charge in [0.25, 0.3) is 0 Å². The molecule has 0 radical (unpaired) electrons. The maximum Gasteiger partial charge on any atom is 0.170 e. The molecule has 1 heterocycles. The van der Waals surface area contributed by atoms with Gasteiger partial charge in [0.05, 0.1) is 0 Å². The third-order valence-corrected chi connectivity index (χ3v) is 1.25. The lowest BCUT2D eigenvalue weighted by Crippen LogP contribution is -1.95. The van der Waals surface area contributed by atoms with E-state index >= 15 is 0 Å². The SMILES string of the molecule is Cn1cc(C=O)nc1CO. The van der Waals surface area contributed by atoms with E-state index in [1.54, 1.807) is 17.8 Å². The number of rotatable bonds is 2. The van der Waals surface area contributed by atoms with Crippen molar-refractivity contribution in [2.24, 2.45) is 7.05 Å². The number of aliphatic hydroxyl groups excluding tert-OH is 1. The Kier molecular flexibility index (Phi) is 1.82. The highest BCUT2D eigenvalue weighted by atomic mass is 16.3. The molecule has 4 nitrogen and oxygen atoms in total. The maximum absolute atomic E-state index is 10.1. The first-order chi connectivity index (χ1) is 4.77. The molecule has 1 aromatic rings. The van der Waals surface area contributed by atoms with Crippen molar-refractivity contribution in [2.45, 2.75) is 6.61 Å². The van der Waals surface area contributed by atoms with E-state index in [1.165, 1.54) is 0 Å². The standard InChI is InChI=1S/C6H8N2O2/c1-8-2-5(3-9)7-6(8)4-10/h2-3,10H,4H2,1H3. The summed E-state index contributed by atoms with van der Waals surface area (Å²) >= 11 is 0. The van der Waals surface area contributed by atoms with Crippen LogP contribution in [0, 0.1) is 0 Å². The van der Waals surface area contributed by atoms with E-state index in [0.717, 1.165) is 0 Å². The van der Waals surface area contributed by atoms with Crippen LogP contribution in [-0.4, -0.2) is 20.9 Å². The van der Waals surface area contributed by atoms with Gasteiger partial charge in [0.15, 0.2) is 6.29 Å². The third kappa shape index (κ3) is 1.06. The molecule has 1 aromatic heterocycles. The summed E-state index contributed by atoms with van der Waals surface area (Å²) in [6.45, 7) is -0.135. The van der Waals surface area contributed by atoms with E-state index in [9.17, 15) is 4.79 Å². The van der Waals surface area contributed by atoms with E-state index < -0.39 is 0 Å². The number of nitrogens with zero attached hydrogens (tertiary/aromatic N) is 2. The summed E-state index contributed by atoms with van der Waals surface area (Å²) < 4.78 is 1.61. The van der Waals surface area contributed by atoms with Gasteiger partial charge in [0, 0.05) is 13.2 Å². The van der Waals surface area contributed by atoms with Crippen LogP contribution in [0.25, 0.3) is 0 Å². The molecule has 0 saturated heterocycles. The molecule has 4 heteroatoms. The molecule has 0 atom stereocenters. The zero-order valence-corrected chi connectivity index (χ0v) is 5.61. The molecule has 0 spiro atoms. The smallest absolute Gasteiger partial charge is 0.170 e. The Labute approximate surface area is 58.1 Å². The van der Waals surface area contributed by atoms with Gasteiger partial charge >= 0.3 is 0 Å². The summed E-state index contributed by atoms with van der Waals surface area (Å²) in [5.74, 6) is 0.502. The minimum atomic E-state index is -0.135. The van der Waals surface area contributed by atoms with Crippen LogP contribution in [0.4, 0.5) is 0 Å². The first-order valence-electron chi connectivity index (χ1n) is 2.86. The van der Waals surface area contributed by atoms with Crippen molar-refractivity contribution in [1.29, 1.82) is 0 Å². The zero-order chi connectivity index (χ0) is 7.56. The minimum Gasteiger partial charge on any atom is -0.388 e. The molecule has 0 aliphatic rings. The molecule has 0 aromatic carbocycles. The fraction of sp³-hybridized carbons (Fsp3) is 0.333. The van der Waals surface area contributed by atoms with E-state index in [-0.39, 0.29) is 6.61 Å². The molecule has 1 N–H and O–H groups in total. The Hall–Kier alpha value is -1.16. The van der Waals surface area contributed by atoms with Gasteiger partial charge in [-0.2, -0.15) is 0 Å². The highest BCUT2D eigenvalue weighted by Gasteiger charge is 2.00. The average Bonchev–Trinajstić information content (AvgIpc) is 2.30. The molecule has 0 aliphatic heterocycles. The fourth-order valence-electron chi connectivity index (χ4n) is 0.733. The second kappa shape index (κ2) is 2.62. The summed E-state index contributed by atoms with van der Waals surface area (Å²) in [7, 11) is 1.73. The Morgan fingerprint density at radius 1 is 1.90 bits per heavy atom. The van der Waals surface area contributed by atoms with E-state index in [0.29, 0.717) is 17.8 Å². The number of hydrogen-bond donors (Lipinski definition) is 1. The number of aldehydes is 1. The highest BCUT2D eigenvalue weighted by Crippen LogP contribution is 1.97. The lowest BCUT2D eigenvalue weighted by atomic mass is 10.5. The van der Waals surface area contributed by atoms with E-state index in [4.69, 9.17) is 5.11 Å². The van der Waals surface area contributed by atoms with Crippen molar-refractivity contribution in [3.05, 3.63) is 17.7 Å². The second-order valence-corrected chi connectivity index (χ2v) is 1.97. The topological polar surface area (TPSA) is 55.1 Å². The summed E-state index contributed by atoms with van der Waals surface area (Å²) in [4.78, 5) is 13.9. The van der Waals surface area contributed by atoms with Gasteiger partial charge in [-0.1, -0.05) is 0 Å². The summed E-state index contributed by atoms with van der Waals surface area (Å²) in [5.41, 5.74) is 0.353. The fourth-order valence-corrected chi connectivity index (χ4v) is 0.733. The normalized spacial score (nSPS) is 9.80. The number of imidazole rings is 1. The third-order valence-electron chi connectivity index (χ3n) is 1.25. The molecule has 54 valence electrons. The van der Waals surface area contributed by atoms with Crippen molar-refractivity contribution in [2.75, 3.05) is 0 Å². The maximum atomic E-state index is 10.1.